The number of benzene rings is 2. The summed E-state index contributed by atoms with van der Waals surface area (Å²) in [6, 6.07) is 14.2. The highest BCUT2D eigenvalue weighted by Gasteiger charge is 2.46. The molecule has 2 aromatic rings. The second kappa shape index (κ2) is 8.50. The Hall–Kier alpha value is -2.82. The van der Waals surface area contributed by atoms with Crippen LogP contribution in [0.15, 0.2) is 48.5 Å². The summed E-state index contributed by atoms with van der Waals surface area (Å²) in [5.41, 5.74) is 3.47. The second-order valence-electron chi connectivity index (χ2n) is 8.58. The fourth-order valence-electron chi connectivity index (χ4n) is 5.08. The number of hydrogen-bond donors (Lipinski definition) is 2. The minimum Gasteiger partial charge on any atom is -0.508 e. The van der Waals surface area contributed by atoms with Gasteiger partial charge in [0.25, 0.3) is 0 Å². The minimum absolute atomic E-state index is 0.0115. The summed E-state index contributed by atoms with van der Waals surface area (Å²) < 4.78 is 0. The zero-order valence-corrected chi connectivity index (χ0v) is 17.7. The van der Waals surface area contributed by atoms with E-state index >= 15 is 0 Å². The first-order chi connectivity index (χ1) is 14.5. The lowest BCUT2D eigenvalue weighted by Crippen LogP contribution is -2.66. The lowest BCUT2D eigenvalue weighted by molar-refractivity contribution is -0.154. The molecule has 2 amide bonds. The molecule has 2 aliphatic rings. The summed E-state index contributed by atoms with van der Waals surface area (Å²) in [5.74, 6) is 0.372. The molecule has 0 radical (unpaired) electrons. The summed E-state index contributed by atoms with van der Waals surface area (Å²) in [6.45, 7) is 4.53. The number of phenols is 1. The maximum atomic E-state index is 13.7. The van der Waals surface area contributed by atoms with Crippen molar-refractivity contribution < 1.29 is 14.7 Å². The van der Waals surface area contributed by atoms with Crippen LogP contribution in [-0.4, -0.2) is 33.9 Å². The summed E-state index contributed by atoms with van der Waals surface area (Å²) in [4.78, 5) is 28.7. The van der Waals surface area contributed by atoms with Gasteiger partial charge in [0.05, 0.1) is 0 Å². The molecule has 1 aliphatic heterocycles. The molecule has 4 rings (SSSR count). The van der Waals surface area contributed by atoms with Gasteiger partial charge in [0.1, 0.15) is 17.8 Å². The Labute approximate surface area is 178 Å². The molecule has 30 heavy (non-hydrogen) atoms. The van der Waals surface area contributed by atoms with E-state index in [0.717, 1.165) is 31.2 Å². The molecule has 1 fully saturated rings. The van der Waals surface area contributed by atoms with Gasteiger partial charge in [-0.3, -0.25) is 9.59 Å². The van der Waals surface area contributed by atoms with Crippen LogP contribution in [0.3, 0.4) is 0 Å². The predicted octanol–water partition coefficient (Wildman–Crippen LogP) is 3.44. The molecule has 5 heteroatoms. The van der Waals surface area contributed by atoms with Gasteiger partial charge in [-0.2, -0.15) is 0 Å². The molecular formula is C25H30N2O3. The lowest BCUT2D eigenvalue weighted by Gasteiger charge is -2.43. The first-order valence-electron chi connectivity index (χ1n) is 11.0. The predicted molar refractivity (Wildman–Crippen MR) is 116 cm³/mol. The number of nitrogens with zero attached hydrogens (tertiary/aromatic N) is 1. The fraction of sp³-hybridized carbons (Fsp3) is 0.440. The number of piperazine rings is 1. The number of phenolic OH excluding ortho intramolecular Hbond substituents is 1. The van der Waals surface area contributed by atoms with Gasteiger partial charge in [0, 0.05) is 6.54 Å². The van der Waals surface area contributed by atoms with Crippen LogP contribution in [-0.2, 0) is 29.0 Å². The molecule has 0 unspecified atom stereocenters. The molecule has 5 nitrogen and oxygen atoms in total. The molecule has 1 heterocycles. The summed E-state index contributed by atoms with van der Waals surface area (Å²) in [7, 11) is 0. The zero-order chi connectivity index (χ0) is 21.3. The molecule has 2 N–H and O–H groups in total. The monoisotopic (exact) mass is 406 g/mol. The van der Waals surface area contributed by atoms with Crippen LogP contribution in [0.25, 0.3) is 0 Å². The SMILES string of the molecule is CCC(CC)[C@@H]1C(=O)N[C@H](C2Cc3ccccc3C2)C(=O)N1Cc1ccc(O)cc1. The van der Waals surface area contributed by atoms with Gasteiger partial charge < -0.3 is 15.3 Å². The largest absolute Gasteiger partial charge is 0.508 e. The van der Waals surface area contributed by atoms with Crippen LogP contribution in [0.2, 0.25) is 0 Å². The first kappa shape index (κ1) is 20.5. The fourth-order valence-corrected chi connectivity index (χ4v) is 5.08. The molecule has 1 aliphatic carbocycles. The second-order valence-corrected chi connectivity index (χ2v) is 8.58. The van der Waals surface area contributed by atoms with Gasteiger partial charge in [-0.05, 0) is 53.5 Å². The van der Waals surface area contributed by atoms with Gasteiger partial charge in [0.15, 0.2) is 0 Å². The molecule has 0 spiro atoms. The Morgan fingerprint density at radius 2 is 1.60 bits per heavy atom. The van der Waals surface area contributed by atoms with Gasteiger partial charge in [-0.15, -0.1) is 0 Å². The summed E-state index contributed by atoms with van der Waals surface area (Å²) >= 11 is 0. The highest BCUT2D eigenvalue weighted by atomic mass is 16.3. The average molecular weight is 407 g/mol. The highest BCUT2D eigenvalue weighted by Crippen LogP contribution is 2.33. The molecule has 0 bridgehead atoms. The Balaban J connectivity index is 1.62. The van der Waals surface area contributed by atoms with Crippen LogP contribution in [0.4, 0.5) is 0 Å². The van der Waals surface area contributed by atoms with Crippen LogP contribution in [0.5, 0.6) is 5.75 Å². The van der Waals surface area contributed by atoms with E-state index in [4.69, 9.17) is 0 Å². The molecule has 158 valence electrons. The number of fused-ring (bicyclic) bond motifs is 1. The van der Waals surface area contributed by atoms with Crippen molar-refractivity contribution in [3.63, 3.8) is 0 Å². The number of nitrogens with one attached hydrogen (secondary N) is 1. The maximum Gasteiger partial charge on any atom is 0.246 e. The number of carbonyl (C=O) groups excluding carboxylic acids is 2. The van der Waals surface area contributed by atoms with Crippen molar-refractivity contribution in [3.05, 3.63) is 65.2 Å². The normalized spacial score (nSPS) is 21.8. The van der Waals surface area contributed by atoms with Crippen molar-refractivity contribution in [2.45, 2.75) is 58.2 Å². The van der Waals surface area contributed by atoms with Gasteiger partial charge >= 0.3 is 0 Å². The van der Waals surface area contributed by atoms with Crippen molar-refractivity contribution in [2.75, 3.05) is 0 Å². The lowest BCUT2D eigenvalue weighted by atomic mass is 9.86. The third kappa shape index (κ3) is 3.81. The standard InChI is InChI=1S/C25H30N2O3/c1-3-17(4-2)23-24(29)26-22(20-13-18-7-5-6-8-19(18)14-20)25(30)27(23)15-16-9-11-21(28)12-10-16/h5-12,17,20,22-23,28H,3-4,13-15H2,1-2H3,(H,26,29)/t22-,23-/m1/s1. The van der Waals surface area contributed by atoms with E-state index in [1.165, 1.54) is 11.1 Å². The van der Waals surface area contributed by atoms with Crippen molar-refractivity contribution in [1.29, 1.82) is 0 Å². The van der Waals surface area contributed by atoms with E-state index in [1.807, 2.05) is 24.3 Å². The van der Waals surface area contributed by atoms with Crippen molar-refractivity contribution in [3.8, 4) is 5.75 Å². The quantitative estimate of drug-likeness (QED) is 0.772. The summed E-state index contributed by atoms with van der Waals surface area (Å²) in [5, 5.41) is 12.7. The number of carbonyl (C=O) groups is 2. The van der Waals surface area contributed by atoms with Crippen molar-refractivity contribution in [1.82, 2.24) is 10.2 Å². The molecule has 0 aromatic heterocycles. The molecular weight excluding hydrogens is 376 g/mol. The van der Waals surface area contributed by atoms with Gasteiger partial charge in [-0.1, -0.05) is 63.1 Å². The number of amides is 2. The Bertz CT molecular complexity index is 895. The van der Waals surface area contributed by atoms with E-state index in [-0.39, 0.29) is 29.4 Å². The zero-order valence-electron chi connectivity index (χ0n) is 17.7. The minimum atomic E-state index is -0.493. The first-order valence-corrected chi connectivity index (χ1v) is 11.0. The van der Waals surface area contributed by atoms with E-state index in [9.17, 15) is 14.7 Å². The molecule has 2 aromatic carbocycles. The number of aromatic hydroxyl groups is 1. The number of rotatable bonds is 6. The Kier molecular flexibility index (Phi) is 5.80. The van der Waals surface area contributed by atoms with Crippen molar-refractivity contribution in [2.24, 2.45) is 11.8 Å². The average Bonchev–Trinajstić information content (AvgIpc) is 3.18. The van der Waals surface area contributed by atoms with Crippen LogP contribution in [0.1, 0.15) is 43.4 Å². The van der Waals surface area contributed by atoms with E-state index in [2.05, 4.69) is 31.3 Å². The topological polar surface area (TPSA) is 69.6 Å². The van der Waals surface area contributed by atoms with Crippen LogP contribution in [0, 0.1) is 11.8 Å². The Morgan fingerprint density at radius 1 is 1.00 bits per heavy atom. The van der Waals surface area contributed by atoms with Crippen LogP contribution >= 0.6 is 0 Å². The third-order valence-corrected chi connectivity index (χ3v) is 6.79. The van der Waals surface area contributed by atoms with E-state index in [0.29, 0.717) is 6.54 Å². The van der Waals surface area contributed by atoms with Gasteiger partial charge in [-0.25, -0.2) is 0 Å². The van der Waals surface area contributed by atoms with Gasteiger partial charge in [0.2, 0.25) is 11.8 Å². The smallest absolute Gasteiger partial charge is 0.246 e. The van der Waals surface area contributed by atoms with E-state index < -0.39 is 12.1 Å². The highest BCUT2D eigenvalue weighted by molar-refractivity contribution is 5.97. The molecule has 0 saturated carbocycles. The van der Waals surface area contributed by atoms with Crippen molar-refractivity contribution >= 4 is 11.8 Å². The summed E-state index contributed by atoms with van der Waals surface area (Å²) in [6.07, 6.45) is 3.31. The molecule has 2 atom stereocenters. The van der Waals surface area contributed by atoms with Crippen LogP contribution < -0.4 is 5.32 Å². The molecule has 1 saturated heterocycles. The number of hydrogen-bond acceptors (Lipinski definition) is 3. The maximum absolute atomic E-state index is 13.7. The van der Waals surface area contributed by atoms with E-state index in [1.54, 1.807) is 17.0 Å². The third-order valence-electron chi connectivity index (χ3n) is 6.79. The Morgan fingerprint density at radius 3 is 2.17 bits per heavy atom.